The first-order chi connectivity index (χ1) is 13.3. The lowest BCUT2D eigenvalue weighted by atomic mass is 9.82. The molecule has 1 N–H and O–H groups in total. The molecule has 0 bridgehead atoms. The van der Waals surface area contributed by atoms with Crippen molar-refractivity contribution in [1.82, 2.24) is 4.98 Å². The molecule has 0 radical (unpaired) electrons. The predicted octanol–water partition coefficient (Wildman–Crippen LogP) is 5.92. The molecule has 140 valence electrons. The number of fused-ring (bicyclic) bond motifs is 1. The van der Waals surface area contributed by atoms with Crippen molar-refractivity contribution >= 4 is 10.9 Å². The Morgan fingerprint density at radius 3 is 2.59 bits per heavy atom. The zero-order valence-electron chi connectivity index (χ0n) is 16.1. The van der Waals surface area contributed by atoms with E-state index in [4.69, 9.17) is 0 Å². The van der Waals surface area contributed by atoms with Gasteiger partial charge in [-0.05, 0) is 42.0 Å². The zero-order valence-corrected chi connectivity index (χ0v) is 16.1. The Labute approximate surface area is 162 Å². The highest BCUT2D eigenvalue weighted by Gasteiger charge is 2.21. The Kier molecular flexibility index (Phi) is 7.18. The summed E-state index contributed by atoms with van der Waals surface area (Å²) in [7, 11) is 0. The van der Waals surface area contributed by atoms with Gasteiger partial charge in [0.25, 0.3) is 0 Å². The SMILES string of the molecule is CCCC/C=C/[C@H](c1ccccc1)[C@H](CO)Cc1cnc2ccccc2c1. The average molecular weight is 360 g/mol. The normalized spacial score (nSPS) is 13.9. The highest BCUT2D eigenvalue weighted by molar-refractivity contribution is 5.78. The van der Waals surface area contributed by atoms with Crippen molar-refractivity contribution in [3.8, 4) is 0 Å². The van der Waals surface area contributed by atoms with Crippen molar-refractivity contribution in [1.29, 1.82) is 0 Å². The summed E-state index contributed by atoms with van der Waals surface area (Å²) in [5.41, 5.74) is 3.45. The second-order valence-corrected chi connectivity index (χ2v) is 7.19. The first kappa shape index (κ1) is 19.3. The van der Waals surface area contributed by atoms with Gasteiger partial charge in [-0.3, -0.25) is 4.98 Å². The van der Waals surface area contributed by atoms with Crippen LogP contribution in [0.4, 0.5) is 0 Å². The molecule has 0 fully saturated rings. The molecule has 0 unspecified atom stereocenters. The van der Waals surface area contributed by atoms with E-state index in [2.05, 4.69) is 60.5 Å². The predicted molar refractivity (Wildman–Crippen MR) is 114 cm³/mol. The van der Waals surface area contributed by atoms with Crippen LogP contribution in [0.5, 0.6) is 0 Å². The van der Waals surface area contributed by atoms with E-state index in [1.807, 2.05) is 30.5 Å². The average Bonchev–Trinajstić information content (AvgIpc) is 2.73. The summed E-state index contributed by atoms with van der Waals surface area (Å²) in [5.74, 6) is 0.341. The van der Waals surface area contributed by atoms with Crippen LogP contribution >= 0.6 is 0 Å². The van der Waals surface area contributed by atoms with Gasteiger partial charge in [-0.1, -0.05) is 80.4 Å². The Morgan fingerprint density at radius 1 is 1.04 bits per heavy atom. The molecule has 3 aromatic rings. The van der Waals surface area contributed by atoms with Gasteiger partial charge in [0.2, 0.25) is 0 Å². The van der Waals surface area contributed by atoms with E-state index in [1.165, 1.54) is 24.0 Å². The van der Waals surface area contributed by atoms with Crippen LogP contribution in [0.3, 0.4) is 0 Å². The monoisotopic (exact) mass is 359 g/mol. The van der Waals surface area contributed by atoms with Crippen molar-refractivity contribution < 1.29 is 5.11 Å². The molecule has 2 heteroatoms. The fourth-order valence-electron chi connectivity index (χ4n) is 3.62. The Balaban J connectivity index is 1.84. The van der Waals surface area contributed by atoms with Crippen LogP contribution in [0.25, 0.3) is 10.9 Å². The topological polar surface area (TPSA) is 33.1 Å². The van der Waals surface area contributed by atoms with Crippen LogP contribution in [0, 0.1) is 5.92 Å². The molecule has 0 aliphatic heterocycles. The van der Waals surface area contributed by atoms with Crippen LogP contribution in [-0.2, 0) is 6.42 Å². The second kappa shape index (κ2) is 10.0. The lowest BCUT2D eigenvalue weighted by Crippen LogP contribution is -2.18. The number of aliphatic hydroxyl groups excluding tert-OH is 1. The van der Waals surface area contributed by atoms with Crippen LogP contribution in [0.2, 0.25) is 0 Å². The molecule has 0 aliphatic carbocycles. The van der Waals surface area contributed by atoms with Gasteiger partial charge in [0.1, 0.15) is 0 Å². The molecule has 0 saturated carbocycles. The number of nitrogens with zero attached hydrogens (tertiary/aromatic N) is 1. The number of aromatic nitrogens is 1. The minimum atomic E-state index is 0.133. The van der Waals surface area contributed by atoms with E-state index in [0.29, 0.717) is 0 Å². The maximum atomic E-state index is 10.2. The molecule has 2 nitrogen and oxygen atoms in total. The summed E-state index contributed by atoms with van der Waals surface area (Å²) in [6.07, 6.45) is 10.8. The van der Waals surface area contributed by atoms with Crippen LogP contribution in [0.15, 0.2) is 79.0 Å². The lowest BCUT2D eigenvalue weighted by molar-refractivity contribution is 0.214. The smallest absolute Gasteiger partial charge is 0.0702 e. The highest BCUT2D eigenvalue weighted by Crippen LogP contribution is 2.30. The number of unbranched alkanes of at least 4 members (excludes halogenated alkanes) is 2. The van der Waals surface area contributed by atoms with Crippen molar-refractivity contribution in [2.24, 2.45) is 5.92 Å². The maximum absolute atomic E-state index is 10.2. The summed E-state index contributed by atoms with van der Waals surface area (Å²) >= 11 is 0. The van der Waals surface area contributed by atoms with Crippen molar-refractivity contribution in [3.63, 3.8) is 0 Å². The van der Waals surface area contributed by atoms with Crippen molar-refractivity contribution in [2.45, 2.75) is 38.5 Å². The van der Waals surface area contributed by atoms with Crippen molar-refractivity contribution in [2.75, 3.05) is 6.61 Å². The van der Waals surface area contributed by atoms with Gasteiger partial charge < -0.3 is 5.11 Å². The third-order valence-corrected chi connectivity index (χ3v) is 5.14. The van der Waals surface area contributed by atoms with Crippen LogP contribution in [0.1, 0.15) is 43.2 Å². The molecule has 1 aromatic heterocycles. The maximum Gasteiger partial charge on any atom is 0.0702 e. The van der Waals surface area contributed by atoms with Crippen LogP contribution in [-0.4, -0.2) is 16.7 Å². The van der Waals surface area contributed by atoms with Gasteiger partial charge in [0.05, 0.1) is 5.52 Å². The van der Waals surface area contributed by atoms with Gasteiger partial charge in [-0.15, -0.1) is 0 Å². The Hall–Kier alpha value is -2.45. The first-order valence-corrected chi connectivity index (χ1v) is 9.98. The minimum absolute atomic E-state index is 0.133. The van der Waals surface area contributed by atoms with Gasteiger partial charge >= 0.3 is 0 Å². The van der Waals surface area contributed by atoms with E-state index >= 15 is 0 Å². The third-order valence-electron chi connectivity index (χ3n) is 5.14. The molecular formula is C25H29NO. The number of rotatable bonds is 9. The highest BCUT2D eigenvalue weighted by atomic mass is 16.3. The summed E-state index contributed by atoms with van der Waals surface area (Å²) in [6, 6.07) is 20.9. The fraction of sp³-hybridized carbons (Fsp3) is 0.320. The van der Waals surface area contributed by atoms with Gasteiger partial charge in [-0.2, -0.15) is 0 Å². The molecule has 0 aliphatic rings. The molecular weight excluding hydrogens is 330 g/mol. The molecule has 3 rings (SSSR count). The standard InChI is InChI=1S/C25H29NO/c1-2-3-4-8-14-24(21-11-6-5-7-12-21)23(19-27)17-20-16-22-13-9-10-15-25(22)26-18-20/h5-16,18,23-24,27H,2-4,17,19H2,1H3/b14-8+/t23-,24+/m0/s1. The summed E-state index contributed by atoms with van der Waals surface area (Å²) in [6.45, 7) is 2.37. The van der Waals surface area contributed by atoms with E-state index in [0.717, 1.165) is 23.7 Å². The molecule has 0 amide bonds. The number of para-hydroxylation sites is 1. The quantitative estimate of drug-likeness (QED) is 0.380. The van der Waals surface area contributed by atoms with Gasteiger partial charge in [0.15, 0.2) is 0 Å². The van der Waals surface area contributed by atoms with E-state index in [-0.39, 0.29) is 18.4 Å². The van der Waals surface area contributed by atoms with E-state index in [9.17, 15) is 5.11 Å². The van der Waals surface area contributed by atoms with Crippen LogP contribution < -0.4 is 0 Å². The molecule has 2 atom stereocenters. The van der Waals surface area contributed by atoms with Gasteiger partial charge in [-0.25, -0.2) is 0 Å². The third kappa shape index (κ3) is 5.27. The number of allylic oxidation sites excluding steroid dienone is 2. The number of pyridine rings is 1. The molecule has 0 saturated heterocycles. The molecule has 1 heterocycles. The Morgan fingerprint density at radius 2 is 1.81 bits per heavy atom. The Bertz CT molecular complexity index is 856. The molecule has 0 spiro atoms. The molecule has 27 heavy (non-hydrogen) atoms. The van der Waals surface area contributed by atoms with Crippen molar-refractivity contribution in [3.05, 3.63) is 90.1 Å². The largest absolute Gasteiger partial charge is 0.396 e. The zero-order chi connectivity index (χ0) is 18.9. The first-order valence-electron chi connectivity index (χ1n) is 9.98. The molecule has 2 aromatic carbocycles. The summed E-state index contributed by atoms with van der Waals surface area (Å²) in [4.78, 5) is 4.59. The number of hydrogen-bond acceptors (Lipinski definition) is 2. The lowest BCUT2D eigenvalue weighted by Gasteiger charge is -2.24. The second-order valence-electron chi connectivity index (χ2n) is 7.19. The number of hydrogen-bond donors (Lipinski definition) is 1. The number of aliphatic hydroxyl groups is 1. The number of benzene rings is 2. The summed E-state index contributed by atoms with van der Waals surface area (Å²) in [5, 5.41) is 11.3. The minimum Gasteiger partial charge on any atom is -0.396 e. The fourth-order valence-corrected chi connectivity index (χ4v) is 3.62. The van der Waals surface area contributed by atoms with Gasteiger partial charge in [0, 0.05) is 24.1 Å². The summed E-state index contributed by atoms with van der Waals surface area (Å²) < 4.78 is 0. The van der Waals surface area contributed by atoms with E-state index < -0.39 is 0 Å². The van der Waals surface area contributed by atoms with E-state index in [1.54, 1.807) is 0 Å².